The van der Waals surface area contributed by atoms with Crippen molar-refractivity contribution in [3.8, 4) is 17.6 Å². The number of halogens is 9. The Hall–Kier alpha value is -3.35. The molecule has 0 radical (unpaired) electrons. The molecule has 3 aromatic carbocycles. The van der Waals surface area contributed by atoms with Crippen LogP contribution in [0.2, 0.25) is 0 Å². The van der Waals surface area contributed by atoms with Crippen molar-refractivity contribution in [1.29, 1.82) is 0 Å². The Morgan fingerprint density at radius 3 is 2.06 bits per heavy atom. The molecule has 3 aromatic rings. The molecule has 0 aliphatic carbocycles. The lowest BCUT2D eigenvalue weighted by Crippen LogP contribution is -2.25. The first-order valence-electron chi connectivity index (χ1n) is 9.39. The van der Waals surface area contributed by atoms with Crippen molar-refractivity contribution in [3.63, 3.8) is 0 Å². The van der Waals surface area contributed by atoms with Crippen molar-refractivity contribution in [2.24, 2.45) is 0 Å². The van der Waals surface area contributed by atoms with E-state index in [4.69, 9.17) is 0 Å². The Morgan fingerprint density at radius 2 is 1.48 bits per heavy atom. The number of aryl methyl sites for hydroxylation is 1. The van der Waals surface area contributed by atoms with Crippen molar-refractivity contribution in [2.75, 3.05) is 0 Å². The van der Waals surface area contributed by atoms with E-state index in [0.717, 1.165) is 36.3 Å². The van der Waals surface area contributed by atoms with Gasteiger partial charge in [-0.05, 0) is 53.8 Å². The molecule has 0 unspecified atom stereocenters. The van der Waals surface area contributed by atoms with Crippen LogP contribution in [0, 0.1) is 35.1 Å². The quantitative estimate of drug-likeness (QED) is 0.276. The van der Waals surface area contributed by atoms with Gasteiger partial charge in [0, 0.05) is 11.3 Å². The number of hydrogen-bond donors (Lipinski definition) is 0. The lowest BCUT2D eigenvalue weighted by atomic mass is 10.0. The first kappa shape index (κ1) is 24.3. The predicted molar refractivity (Wildman–Crippen MR) is 102 cm³/mol. The second kappa shape index (κ2) is 8.89. The van der Waals surface area contributed by atoms with Gasteiger partial charge in [-0.3, -0.25) is 0 Å². The van der Waals surface area contributed by atoms with E-state index in [1.807, 2.05) is 0 Å². The SMILES string of the molecule is CCCc1cc(F)c(C(F)(F)Oc2ccc3c(F)c(C#CC(F)(F)F)c(F)cc3c2)c(F)c1. The molecule has 0 saturated heterocycles. The number of ether oxygens (including phenoxy) is 1. The maximum Gasteiger partial charge on any atom is 0.458 e. The molecule has 0 heterocycles. The highest BCUT2D eigenvalue weighted by Crippen LogP contribution is 2.37. The molecule has 0 amide bonds. The average Bonchev–Trinajstić information content (AvgIpc) is 2.65. The van der Waals surface area contributed by atoms with E-state index >= 15 is 0 Å². The largest absolute Gasteiger partial charge is 0.458 e. The third kappa shape index (κ3) is 5.35. The normalized spacial score (nSPS) is 11.9. The van der Waals surface area contributed by atoms with Crippen molar-refractivity contribution >= 4 is 10.8 Å². The van der Waals surface area contributed by atoms with Crippen molar-refractivity contribution < 1.29 is 44.3 Å². The predicted octanol–water partition coefficient (Wildman–Crippen LogP) is 7.39. The fourth-order valence-electron chi connectivity index (χ4n) is 3.16. The van der Waals surface area contributed by atoms with Gasteiger partial charge in [0.2, 0.25) is 0 Å². The van der Waals surface area contributed by atoms with Crippen LogP contribution in [-0.4, -0.2) is 6.18 Å². The molecule has 33 heavy (non-hydrogen) atoms. The van der Waals surface area contributed by atoms with Gasteiger partial charge in [-0.2, -0.15) is 22.0 Å². The lowest BCUT2D eigenvalue weighted by molar-refractivity contribution is -0.189. The lowest BCUT2D eigenvalue weighted by Gasteiger charge is -2.20. The van der Waals surface area contributed by atoms with E-state index in [2.05, 4.69) is 4.74 Å². The summed E-state index contributed by atoms with van der Waals surface area (Å²) in [6.07, 6.45) is -8.69. The van der Waals surface area contributed by atoms with Gasteiger partial charge in [-0.1, -0.05) is 19.3 Å². The van der Waals surface area contributed by atoms with Gasteiger partial charge < -0.3 is 4.74 Å². The summed E-state index contributed by atoms with van der Waals surface area (Å²) in [6, 6.07) is 4.47. The third-order valence-corrected chi connectivity index (χ3v) is 4.51. The standard InChI is InChI=1S/C23H13F9O/c1-2-3-12-8-18(25)20(19(26)9-12)23(31,32)33-14-4-5-15-13(10-14)11-17(24)16(21(15)27)6-7-22(28,29)30/h4-5,8-11H,2-3H2,1H3. The van der Waals surface area contributed by atoms with Gasteiger partial charge in [-0.15, -0.1) is 0 Å². The summed E-state index contributed by atoms with van der Waals surface area (Å²) >= 11 is 0. The highest BCUT2D eigenvalue weighted by Gasteiger charge is 2.41. The smallest absolute Gasteiger partial charge is 0.429 e. The van der Waals surface area contributed by atoms with E-state index in [1.54, 1.807) is 6.92 Å². The molecular weight excluding hydrogens is 463 g/mol. The average molecular weight is 476 g/mol. The fraction of sp³-hybridized carbons (Fsp3) is 0.217. The molecule has 0 N–H and O–H groups in total. The molecule has 0 bridgehead atoms. The summed E-state index contributed by atoms with van der Waals surface area (Å²) in [6.45, 7) is 1.73. The molecule has 0 aromatic heterocycles. The molecule has 1 nitrogen and oxygen atoms in total. The van der Waals surface area contributed by atoms with Gasteiger partial charge in [0.15, 0.2) is 0 Å². The van der Waals surface area contributed by atoms with E-state index in [0.29, 0.717) is 12.5 Å². The van der Waals surface area contributed by atoms with Crippen LogP contribution < -0.4 is 4.74 Å². The minimum Gasteiger partial charge on any atom is -0.429 e. The van der Waals surface area contributed by atoms with Crippen LogP contribution in [0.5, 0.6) is 5.75 Å². The maximum atomic E-state index is 14.5. The number of fused-ring (bicyclic) bond motifs is 1. The highest BCUT2D eigenvalue weighted by atomic mass is 19.4. The Balaban J connectivity index is 1.99. The van der Waals surface area contributed by atoms with Crippen LogP contribution in [-0.2, 0) is 12.5 Å². The van der Waals surface area contributed by atoms with Crippen LogP contribution in [0.25, 0.3) is 10.8 Å². The maximum absolute atomic E-state index is 14.5. The summed E-state index contributed by atoms with van der Waals surface area (Å²) < 4.78 is 127. The minimum absolute atomic E-state index is 0.174. The molecule has 10 heteroatoms. The van der Waals surface area contributed by atoms with Gasteiger partial charge in [0.25, 0.3) is 0 Å². The number of rotatable bonds is 5. The topological polar surface area (TPSA) is 9.23 Å². The molecule has 0 fully saturated rings. The summed E-state index contributed by atoms with van der Waals surface area (Å²) in [7, 11) is 0. The molecule has 0 spiro atoms. The number of benzene rings is 3. The van der Waals surface area contributed by atoms with Crippen molar-refractivity contribution in [1.82, 2.24) is 0 Å². The van der Waals surface area contributed by atoms with Gasteiger partial charge >= 0.3 is 12.3 Å². The molecule has 0 aliphatic rings. The molecule has 0 atom stereocenters. The van der Waals surface area contributed by atoms with E-state index in [9.17, 15) is 39.5 Å². The number of hydrogen-bond acceptors (Lipinski definition) is 1. The summed E-state index contributed by atoms with van der Waals surface area (Å²) in [5.74, 6) is -4.58. The van der Waals surface area contributed by atoms with Crippen LogP contribution in [0.15, 0.2) is 36.4 Å². The zero-order valence-electron chi connectivity index (χ0n) is 16.7. The Kier molecular flexibility index (Phi) is 6.54. The Bertz CT molecular complexity index is 1240. The second-order valence-electron chi connectivity index (χ2n) is 6.98. The monoisotopic (exact) mass is 476 g/mol. The fourth-order valence-corrected chi connectivity index (χ4v) is 3.16. The molecule has 0 saturated carbocycles. The summed E-state index contributed by atoms with van der Waals surface area (Å²) in [5.41, 5.74) is -2.62. The van der Waals surface area contributed by atoms with Gasteiger partial charge in [0.1, 0.15) is 34.6 Å². The Morgan fingerprint density at radius 1 is 0.848 bits per heavy atom. The summed E-state index contributed by atoms with van der Waals surface area (Å²) in [4.78, 5) is 0. The highest BCUT2D eigenvalue weighted by molar-refractivity contribution is 5.86. The zero-order chi connectivity index (χ0) is 24.6. The molecule has 174 valence electrons. The number of alkyl halides is 5. The first-order chi connectivity index (χ1) is 15.3. The zero-order valence-corrected chi connectivity index (χ0v) is 16.7. The van der Waals surface area contributed by atoms with Crippen LogP contribution >= 0.6 is 0 Å². The summed E-state index contributed by atoms with van der Waals surface area (Å²) in [5, 5.41) is -0.782. The minimum atomic E-state index is -4.99. The van der Waals surface area contributed by atoms with Crippen LogP contribution in [0.1, 0.15) is 30.0 Å². The van der Waals surface area contributed by atoms with Crippen LogP contribution in [0.4, 0.5) is 39.5 Å². The van der Waals surface area contributed by atoms with E-state index < -0.39 is 57.8 Å². The van der Waals surface area contributed by atoms with Crippen molar-refractivity contribution in [2.45, 2.75) is 32.1 Å². The Labute approximate surface area is 181 Å². The van der Waals surface area contributed by atoms with Crippen LogP contribution in [0.3, 0.4) is 0 Å². The van der Waals surface area contributed by atoms with Gasteiger partial charge in [0.05, 0.1) is 5.56 Å². The third-order valence-electron chi connectivity index (χ3n) is 4.51. The first-order valence-corrected chi connectivity index (χ1v) is 9.39. The molecule has 0 aliphatic heterocycles. The molecule has 3 rings (SSSR count). The van der Waals surface area contributed by atoms with E-state index in [-0.39, 0.29) is 17.4 Å². The van der Waals surface area contributed by atoms with Gasteiger partial charge in [-0.25, -0.2) is 17.6 Å². The van der Waals surface area contributed by atoms with Crippen molar-refractivity contribution in [3.05, 3.63) is 76.4 Å². The van der Waals surface area contributed by atoms with E-state index in [1.165, 1.54) is 5.92 Å². The molecular formula is C23H13F9O. The second-order valence-corrected chi connectivity index (χ2v) is 6.98.